The standard InChI is InChI=1S/C14H13BrClFN2O/c1-20-11-7-3-5-9(13(11)17)14(19-18)8-4-2-6-10(15)12(8)16/h2-7,14,19H,18H2,1H3. The minimum absolute atomic E-state index is 0.161. The fraction of sp³-hybridized carbons (Fsp3) is 0.143. The third kappa shape index (κ3) is 2.81. The van der Waals surface area contributed by atoms with Crippen molar-refractivity contribution in [2.45, 2.75) is 6.04 Å². The summed E-state index contributed by atoms with van der Waals surface area (Å²) >= 11 is 9.59. The van der Waals surface area contributed by atoms with Gasteiger partial charge in [-0.15, -0.1) is 0 Å². The normalized spacial score (nSPS) is 12.2. The first-order valence-electron chi connectivity index (χ1n) is 5.82. The van der Waals surface area contributed by atoms with Crippen molar-refractivity contribution in [1.82, 2.24) is 5.43 Å². The first-order valence-corrected chi connectivity index (χ1v) is 6.99. The molecule has 0 amide bonds. The highest BCUT2D eigenvalue weighted by molar-refractivity contribution is 9.10. The molecule has 2 rings (SSSR count). The van der Waals surface area contributed by atoms with Gasteiger partial charge >= 0.3 is 0 Å². The quantitative estimate of drug-likeness (QED) is 0.645. The maximum atomic E-state index is 14.4. The number of nitrogens with two attached hydrogens (primary N) is 1. The van der Waals surface area contributed by atoms with Crippen molar-refractivity contribution < 1.29 is 9.13 Å². The number of benzene rings is 2. The Morgan fingerprint density at radius 2 is 1.90 bits per heavy atom. The molecule has 1 atom stereocenters. The first-order chi connectivity index (χ1) is 9.60. The van der Waals surface area contributed by atoms with E-state index in [1.165, 1.54) is 7.11 Å². The van der Waals surface area contributed by atoms with Crippen LogP contribution in [0.15, 0.2) is 40.9 Å². The lowest BCUT2D eigenvalue weighted by molar-refractivity contribution is 0.381. The van der Waals surface area contributed by atoms with E-state index in [0.717, 1.165) is 4.47 Å². The van der Waals surface area contributed by atoms with Crippen molar-refractivity contribution in [1.29, 1.82) is 0 Å². The molecule has 2 aromatic rings. The van der Waals surface area contributed by atoms with Crippen LogP contribution in [0.1, 0.15) is 17.2 Å². The molecule has 3 N–H and O–H groups in total. The molecule has 6 heteroatoms. The van der Waals surface area contributed by atoms with E-state index in [1.807, 2.05) is 6.07 Å². The molecule has 1 unspecified atom stereocenters. The van der Waals surface area contributed by atoms with E-state index in [2.05, 4.69) is 21.4 Å². The lowest BCUT2D eigenvalue weighted by atomic mass is 9.98. The van der Waals surface area contributed by atoms with Crippen LogP contribution in [0.25, 0.3) is 0 Å². The molecule has 0 aromatic heterocycles. The molecule has 0 saturated heterocycles. The smallest absolute Gasteiger partial charge is 0.170 e. The summed E-state index contributed by atoms with van der Waals surface area (Å²) in [6.45, 7) is 0. The zero-order valence-electron chi connectivity index (χ0n) is 10.7. The van der Waals surface area contributed by atoms with E-state index in [-0.39, 0.29) is 5.75 Å². The Labute approximate surface area is 130 Å². The molecule has 2 aromatic carbocycles. The Bertz CT molecular complexity index is 624. The van der Waals surface area contributed by atoms with Gasteiger partial charge in [-0.05, 0) is 33.6 Å². The number of ether oxygens (including phenoxy) is 1. The van der Waals surface area contributed by atoms with E-state index in [0.29, 0.717) is 16.1 Å². The molecule has 0 radical (unpaired) electrons. The van der Waals surface area contributed by atoms with Gasteiger partial charge in [-0.2, -0.15) is 0 Å². The van der Waals surface area contributed by atoms with Crippen molar-refractivity contribution in [3.05, 3.63) is 62.8 Å². The summed E-state index contributed by atoms with van der Waals surface area (Å²) in [5, 5.41) is 0.484. The molecule has 0 aliphatic carbocycles. The van der Waals surface area contributed by atoms with Crippen molar-refractivity contribution >= 4 is 27.5 Å². The second kappa shape index (κ2) is 6.54. The van der Waals surface area contributed by atoms with E-state index < -0.39 is 11.9 Å². The Balaban J connectivity index is 2.56. The maximum Gasteiger partial charge on any atom is 0.170 e. The van der Waals surface area contributed by atoms with Crippen LogP contribution < -0.4 is 16.0 Å². The average Bonchev–Trinajstić information content (AvgIpc) is 2.46. The number of hydrazine groups is 1. The second-order valence-electron chi connectivity index (χ2n) is 4.11. The molecule has 106 valence electrons. The van der Waals surface area contributed by atoms with Crippen LogP contribution in [0.4, 0.5) is 4.39 Å². The Hall–Kier alpha value is -1.14. The molecule has 3 nitrogen and oxygen atoms in total. The lowest BCUT2D eigenvalue weighted by Gasteiger charge is -2.20. The van der Waals surface area contributed by atoms with Gasteiger partial charge in [0.15, 0.2) is 11.6 Å². The van der Waals surface area contributed by atoms with Crippen LogP contribution in [-0.4, -0.2) is 7.11 Å². The third-order valence-electron chi connectivity index (χ3n) is 2.98. The Kier molecular flexibility index (Phi) is 4.99. The number of rotatable bonds is 4. The third-order valence-corrected chi connectivity index (χ3v) is 4.29. The van der Waals surface area contributed by atoms with Crippen molar-refractivity contribution in [2.75, 3.05) is 7.11 Å². The molecule has 20 heavy (non-hydrogen) atoms. The summed E-state index contributed by atoms with van der Waals surface area (Å²) in [5.41, 5.74) is 3.64. The van der Waals surface area contributed by atoms with E-state index in [1.54, 1.807) is 30.3 Å². The minimum Gasteiger partial charge on any atom is -0.494 e. The molecular weight excluding hydrogens is 347 g/mol. The summed E-state index contributed by atoms with van der Waals surface area (Å²) in [6, 6.07) is 9.73. The number of hydrogen-bond acceptors (Lipinski definition) is 3. The summed E-state index contributed by atoms with van der Waals surface area (Å²) in [7, 11) is 1.42. The topological polar surface area (TPSA) is 47.3 Å². The van der Waals surface area contributed by atoms with Gasteiger partial charge in [-0.25, -0.2) is 9.82 Å². The monoisotopic (exact) mass is 358 g/mol. The van der Waals surface area contributed by atoms with Gasteiger partial charge < -0.3 is 4.74 Å². The molecule has 0 fully saturated rings. The van der Waals surface area contributed by atoms with E-state index in [9.17, 15) is 4.39 Å². The fourth-order valence-corrected chi connectivity index (χ4v) is 2.62. The van der Waals surface area contributed by atoms with Crippen LogP contribution in [0.3, 0.4) is 0 Å². The number of halogens is 3. The SMILES string of the molecule is COc1cccc(C(NN)c2cccc(Br)c2Cl)c1F. The summed E-state index contributed by atoms with van der Waals surface area (Å²) in [5.74, 6) is 5.28. The van der Waals surface area contributed by atoms with Crippen molar-refractivity contribution in [2.24, 2.45) is 5.84 Å². The van der Waals surface area contributed by atoms with Gasteiger partial charge in [-0.1, -0.05) is 35.9 Å². The molecule has 0 bridgehead atoms. The van der Waals surface area contributed by atoms with Gasteiger partial charge in [-0.3, -0.25) is 5.84 Å². The second-order valence-corrected chi connectivity index (χ2v) is 5.34. The van der Waals surface area contributed by atoms with Gasteiger partial charge in [0.1, 0.15) is 0 Å². The van der Waals surface area contributed by atoms with E-state index in [4.69, 9.17) is 22.2 Å². The van der Waals surface area contributed by atoms with Crippen LogP contribution in [0.5, 0.6) is 5.75 Å². The van der Waals surface area contributed by atoms with Gasteiger partial charge in [0.2, 0.25) is 0 Å². The maximum absolute atomic E-state index is 14.4. The number of methoxy groups -OCH3 is 1. The van der Waals surface area contributed by atoms with Crippen LogP contribution in [-0.2, 0) is 0 Å². The van der Waals surface area contributed by atoms with Gasteiger partial charge in [0, 0.05) is 10.0 Å². The van der Waals surface area contributed by atoms with E-state index >= 15 is 0 Å². The van der Waals surface area contributed by atoms with Crippen LogP contribution in [0.2, 0.25) is 5.02 Å². The minimum atomic E-state index is -0.574. The number of nitrogens with one attached hydrogen (secondary N) is 1. The van der Waals surface area contributed by atoms with Gasteiger partial charge in [0.25, 0.3) is 0 Å². The lowest BCUT2D eigenvalue weighted by Crippen LogP contribution is -2.29. The molecule has 0 heterocycles. The summed E-state index contributed by atoms with van der Waals surface area (Å²) < 4.78 is 20.1. The zero-order chi connectivity index (χ0) is 14.7. The van der Waals surface area contributed by atoms with Crippen LogP contribution in [0, 0.1) is 5.82 Å². The highest BCUT2D eigenvalue weighted by Crippen LogP contribution is 2.35. The molecular formula is C14H13BrClFN2O. The zero-order valence-corrected chi connectivity index (χ0v) is 13.0. The fourth-order valence-electron chi connectivity index (χ4n) is 2.00. The molecule has 0 spiro atoms. The van der Waals surface area contributed by atoms with Crippen molar-refractivity contribution in [3.8, 4) is 5.75 Å². The molecule has 0 aliphatic rings. The largest absolute Gasteiger partial charge is 0.494 e. The van der Waals surface area contributed by atoms with Gasteiger partial charge in [0.05, 0.1) is 18.2 Å². The van der Waals surface area contributed by atoms with Crippen LogP contribution >= 0.6 is 27.5 Å². The highest BCUT2D eigenvalue weighted by atomic mass is 79.9. The predicted octanol–water partition coefficient (Wildman–Crippen LogP) is 3.80. The molecule has 0 saturated carbocycles. The average molecular weight is 360 g/mol. The predicted molar refractivity (Wildman–Crippen MR) is 81.3 cm³/mol. The van der Waals surface area contributed by atoms with Crippen molar-refractivity contribution in [3.63, 3.8) is 0 Å². The Morgan fingerprint density at radius 3 is 2.55 bits per heavy atom. The number of hydrogen-bond donors (Lipinski definition) is 2. The summed E-state index contributed by atoms with van der Waals surface area (Å²) in [6.07, 6.45) is 0. The molecule has 0 aliphatic heterocycles. The highest BCUT2D eigenvalue weighted by Gasteiger charge is 2.22. The Morgan fingerprint density at radius 1 is 1.25 bits per heavy atom. The first kappa shape index (κ1) is 15.3. The summed E-state index contributed by atoms with van der Waals surface area (Å²) in [4.78, 5) is 0.